The maximum absolute atomic E-state index is 14.0. The highest BCUT2D eigenvalue weighted by Crippen LogP contribution is 2.55. The third-order valence-electron chi connectivity index (χ3n) is 13.9. The first-order valence-corrected chi connectivity index (χ1v) is 25.0. The van der Waals surface area contributed by atoms with Crippen LogP contribution in [-0.4, -0.2) is 79.6 Å². The number of ether oxygens (including phenoxy) is 2. The summed E-state index contributed by atoms with van der Waals surface area (Å²) in [6.45, 7) is 4.50. The highest BCUT2D eigenvalue weighted by atomic mass is 35.5. The molecule has 1 spiro atoms. The van der Waals surface area contributed by atoms with Crippen molar-refractivity contribution in [1.29, 1.82) is 0 Å². The molecule has 1 amide bonds. The van der Waals surface area contributed by atoms with Gasteiger partial charge in [0, 0.05) is 89.8 Å². The van der Waals surface area contributed by atoms with Crippen molar-refractivity contribution in [2.45, 2.75) is 68.3 Å². The number of amides is 1. The van der Waals surface area contributed by atoms with Gasteiger partial charge < -0.3 is 24.7 Å². The molecule has 17 heteroatoms. The number of rotatable bonds is 13. The van der Waals surface area contributed by atoms with E-state index in [-0.39, 0.29) is 28.3 Å². The zero-order chi connectivity index (χ0) is 44.7. The number of sulfonamides is 1. The van der Waals surface area contributed by atoms with Crippen molar-refractivity contribution >= 4 is 67.0 Å². The average Bonchev–Trinajstić information content (AvgIpc) is 4.10. The fraction of sp³-hybridized carbons (Fsp3) is 0.375. The number of nitro groups is 1. The first-order chi connectivity index (χ1) is 31.5. The van der Waals surface area contributed by atoms with Gasteiger partial charge in [0.1, 0.15) is 22.8 Å². The molecule has 10 rings (SSSR count). The summed E-state index contributed by atoms with van der Waals surface area (Å²) in [5.74, 6) is -0.144. The second kappa shape index (κ2) is 18.0. The van der Waals surface area contributed by atoms with Crippen molar-refractivity contribution in [1.82, 2.24) is 19.6 Å². The van der Waals surface area contributed by atoms with E-state index in [9.17, 15) is 23.3 Å². The summed E-state index contributed by atoms with van der Waals surface area (Å²) in [5.41, 5.74) is 3.92. The molecular formula is C48H50ClN7O7S2. The number of carbonyl (C=O) groups excluding carboxylic acids is 1. The Morgan fingerprint density at radius 1 is 1.00 bits per heavy atom. The number of piperidine rings is 1. The Labute approximate surface area is 386 Å². The predicted molar refractivity (Wildman–Crippen MR) is 253 cm³/mol. The molecule has 3 saturated heterocycles. The summed E-state index contributed by atoms with van der Waals surface area (Å²) >= 11 is 8.51. The number of nitro benzene ring substituents is 1. The van der Waals surface area contributed by atoms with E-state index >= 15 is 0 Å². The minimum atomic E-state index is -4.55. The van der Waals surface area contributed by atoms with Crippen LogP contribution in [0.1, 0.15) is 72.6 Å². The van der Waals surface area contributed by atoms with Crippen molar-refractivity contribution in [2.75, 3.05) is 49.6 Å². The number of nitrogens with one attached hydrogen (secondary N) is 3. The van der Waals surface area contributed by atoms with Crippen molar-refractivity contribution in [3.05, 3.63) is 122 Å². The number of fused-ring (bicyclic) bond motifs is 1. The lowest BCUT2D eigenvalue weighted by atomic mass is 9.60. The van der Waals surface area contributed by atoms with E-state index in [4.69, 9.17) is 21.1 Å². The normalized spacial score (nSPS) is 19.3. The number of hydrogen-bond donors (Lipinski definition) is 3. The molecular weight excluding hydrogens is 886 g/mol. The van der Waals surface area contributed by atoms with E-state index in [2.05, 4.69) is 53.4 Å². The molecule has 4 aliphatic rings. The maximum atomic E-state index is 14.0. The molecule has 1 saturated carbocycles. The molecule has 3 aromatic carbocycles. The SMILES string of the molecule is O=C(NS(=O)(=O)c1ccc(NCC2CCOCC2)c([N+](=O)[O-])c1)c1ccc(N2CCC3(CC2)CC(N2CCCC2c2sccc2-c2ccccc2Cl)C3)cc1Oc1cnc2[nH]ccc2c1. The second-order valence-corrected chi connectivity index (χ2v) is 20.8. The number of likely N-dealkylation sites (tertiary alicyclic amines) is 1. The minimum absolute atomic E-state index is 0.0188. The number of H-pyrrole nitrogens is 1. The largest absolute Gasteiger partial charge is 0.455 e. The average molecular weight is 937 g/mol. The molecule has 14 nitrogen and oxygen atoms in total. The molecule has 0 bridgehead atoms. The Morgan fingerprint density at radius 2 is 1.82 bits per heavy atom. The van der Waals surface area contributed by atoms with Gasteiger partial charge in [-0.15, -0.1) is 11.3 Å². The van der Waals surface area contributed by atoms with Crippen molar-refractivity contribution in [3.8, 4) is 22.6 Å². The lowest BCUT2D eigenvalue weighted by Gasteiger charge is -2.56. The van der Waals surface area contributed by atoms with Gasteiger partial charge in [-0.3, -0.25) is 19.8 Å². The summed E-state index contributed by atoms with van der Waals surface area (Å²) < 4.78 is 41.3. The maximum Gasteiger partial charge on any atom is 0.293 e. The van der Waals surface area contributed by atoms with Gasteiger partial charge in [0.15, 0.2) is 0 Å². The van der Waals surface area contributed by atoms with E-state index < -0.39 is 31.4 Å². The number of pyridine rings is 1. The molecule has 338 valence electrons. The van der Waals surface area contributed by atoms with Crippen molar-refractivity contribution in [2.24, 2.45) is 11.3 Å². The molecule has 3 N–H and O–H groups in total. The van der Waals surface area contributed by atoms with Gasteiger partial charge in [-0.05, 0) is 129 Å². The summed E-state index contributed by atoms with van der Waals surface area (Å²) in [6, 6.07) is 23.7. The number of aromatic amines is 1. The Balaban J connectivity index is 0.837. The van der Waals surface area contributed by atoms with E-state index in [1.165, 1.54) is 41.8 Å². The third-order valence-corrected chi connectivity index (χ3v) is 16.6. The van der Waals surface area contributed by atoms with Gasteiger partial charge in [-0.2, -0.15) is 0 Å². The first-order valence-electron chi connectivity index (χ1n) is 22.3. The lowest BCUT2D eigenvalue weighted by molar-refractivity contribution is -0.384. The molecule has 6 heterocycles. The number of hydrogen-bond acceptors (Lipinski definition) is 12. The first kappa shape index (κ1) is 43.4. The molecule has 0 radical (unpaired) electrons. The summed E-state index contributed by atoms with van der Waals surface area (Å²) in [7, 11) is -4.55. The van der Waals surface area contributed by atoms with Crippen LogP contribution in [0.15, 0.2) is 102 Å². The smallest absolute Gasteiger partial charge is 0.293 e. The molecule has 1 unspecified atom stereocenters. The van der Waals surface area contributed by atoms with Gasteiger partial charge in [-0.25, -0.2) is 18.1 Å². The number of benzene rings is 3. The van der Waals surface area contributed by atoms with Crippen LogP contribution in [0, 0.1) is 21.4 Å². The number of aromatic nitrogens is 2. The van der Waals surface area contributed by atoms with Gasteiger partial charge >= 0.3 is 0 Å². The summed E-state index contributed by atoms with van der Waals surface area (Å²) in [6.07, 6.45) is 11.7. The van der Waals surface area contributed by atoms with Crippen LogP contribution in [-0.2, 0) is 14.8 Å². The van der Waals surface area contributed by atoms with Crippen LogP contribution >= 0.6 is 22.9 Å². The van der Waals surface area contributed by atoms with Gasteiger partial charge in [0.05, 0.1) is 21.6 Å². The van der Waals surface area contributed by atoms with Crippen LogP contribution in [0.5, 0.6) is 11.5 Å². The van der Waals surface area contributed by atoms with Gasteiger partial charge in [0.2, 0.25) is 0 Å². The number of thiophene rings is 1. The number of nitrogens with zero attached hydrogens (tertiary/aromatic N) is 4. The van der Waals surface area contributed by atoms with Crippen LogP contribution in [0.4, 0.5) is 17.1 Å². The molecule has 3 aliphatic heterocycles. The number of halogens is 1. The van der Waals surface area contributed by atoms with Crippen LogP contribution in [0.25, 0.3) is 22.2 Å². The van der Waals surface area contributed by atoms with Gasteiger partial charge in [-0.1, -0.05) is 29.8 Å². The third kappa shape index (κ3) is 8.94. The minimum Gasteiger partial charge on any atom is -0.455 e. The molecule has 1 atom stereocenters. The summed E-state index contributed by atoms with van der Waals surface area (Å²) in [5, 5.41) is 19.0. The molecule has 65 heavy (non-hydrogen) atoms. The molecule has 1 aliphatic carbocycles. The Morgan fingerprint density at radius 3 is 2.62 bits per heavy atom. The standard InChI is InChI=1S/C48H50ClN7O7S2/c49-40-5-2-1-4-37(40)38-14-23-64-45(38)42-6-3-18-55(42)34-27-48(28-34)15-19-54(20-16-48)33-7-9-39(44(25-33)63-35-24-32-11-17-50-46(32)52-30-35)47(57)53-65(60,61)36-8-10-41(43(26-36)56(58)59)51-29-31-12-21-62-22-13-31/h1-2,4-5,7-11,14,17,23-26,30-31,34,42,51H,3,6,12-13,15-16,18-22,27-29H2,(H,50,52)(H,53,57). The zero-order valence-corrected chi connectivity index (χ0v) is 38.1. The Kier molecular flexibility index (Phi) is 12.0. The number of carbonyl (C=O) groups is 1. The monoisotopic (exact) mass is 935 g/mol. The van der Waals surface area contributed by atoms with Crippen molar-refractivity contribution in [3.63, 3.8) is 0 Å². The lowest BCUT2D eigenvalue weighted by Crippen LogP contribution is -2.54. The van der Waals surface area contributed by atoms with E-state index in [1.807, 2.05) is 35.6 Å². The second-order valence-electron chi connectivity index (χ2n) is 17.8. The van der Waals surface area contributed by atoms with E-state index in [1.54, 1.807) is 30.6 Å². The van der Waals surface area contributed by atoms with Crippen LogP contribution in [0.3, 0.4) is 0 Å². The Hall–Kier alpha value is -5.52. The molecule has 3 aromatic heterocycles. The predicted octanol–water partition coefficient (Wildman–Crippen LogP) is 10.2. The van der Waals surface area contributed by atoms with E-state index in [0.29, 0.717) is 43.2 Å². The van der Waals surface area contributed by atoms with Crippen LogP contribution < -0.4 is 19.7 Å². The Bertz CT molecular complexity index is 2850. The zero-order valence-electron chi connectivity index (χ0n) is 35.7. The quantitative estimate of drug-likeness (QED) is 0.0743. The fourth-order valence-corrected chi connectivity index (χ4v) is 12.6. The highest BCUT2D eigenvalue weighted by molar-refractivity contribution is 7.90. The fourth-order valence-electron chi connectivity index (χ4n) is 10.3. The molecule has 4 fully saturated rings. The highest BCUT2D eigenvalue weighted by Gasteiger charge is 2.50. The summed E-state index contributed by atoms with van der Waals surface area (Å²) in [4.78, 5) is 39.0. The van der Waals surface area contributed by atoms with Crippen LogP contribution in [0.2, 0.25) is 5.02 Å². The van der Waals surface area contributed by atoms with Gasteiger partial charge in [0.25, 0.3) is 21.6 Å². The van der Waals surface area contributed by atoms with E-state index in [0.717, 1.165) is 79.5 Å². The topological polar surface area (TPSA) is 172 Å². The number of anilines is 2. The molecule has 6 aromatic rings. The van der Waals surface area contributed by atoms with Crippen molar-refractivity contribution < 1.29 is 27.6 Å².